The largest absolute Gasteiger partial charge is 0.310 e. The van der Waals surface area contributed by atoms with Crippen molar-refractivity contribution >= 4 is 28.5 Å². The van der Waals surface area contributed by atoms with Crippen molar-refractivity contribution in [3.05, 3.63) is 65.2 Å². The van der Waals surface area contributed by atoms with Gasteiger partial charge in [-0.2, -0.15) is 5.10 Å². The molecule has 37 heavy (non-hydrogen) atoms. The Hall–Kier alpha value is -4.01. The maximum absolute atomic E-state index is 14.4. The van der Waals surface area contributed by atoms with Gasteiger partial charge in [0.1, 0.15) is 23.0 Å². The number of pyridine rings is 1. The van der Waals surface area contributed by atoms with Crippen LogP contribution in [0.3, 0.4) is 0 Å². The number of aromatic nitrogens is 5. The Morgan fingerprint density at radius 1 is 1.14 bits per heavy atom. The Balaban J connectivity index is 1.63. The van der Waals surface area contributed by atoms with E-state index < -0.39 is 5.41 Å². The van der Waals surface area contributed by atoms with Gasteiger partial charge < -0.3 is 5.32 Å². The molecule has 4 aromatic rings. The van der Waals surface area contributed by atoms with Crippen molar-refractivity contribution in [1.82, 2.24) is 24.7 Å². The lowest BCUT2D eigenvalue weighted by atomic mass is 9.84. The fraction of sp³-hybridized carbons (Fsp3) is 0.357. The molecule has 0 saturated heterocycles. The van der Waals surface area contributed by atoms with Crippen LogP contribution in [0, 0.1) is 11.7 Å². The molecule has 5 rings (SSSR count). The van der Waals surface area contributed by atoms with Crippen LogP contribution in [-0.4, -0.2) is 36.4 Å². The minimum absolute atomic E-state index is 0.127. The highest BCUT2D eigenvalue weighted by Gasteiger charge is 2.44. The van der Waals surface area contributed by atoms with E-state index >= 15 is 0 Å². The highest BCUT2D eigenvalue weighted by molar-refractivity contribution is 6.09. The molecule has 190 valence electrons. The predicted molar refractivity (Wildman–Crippen MR) is 139 cm³/mol. The van der Waals surface area contributed by atoms with E-state index in [1.165, 1.54) is 6.07 Å². The first-order valence-electron chi connectivity index (χ1n) is 12.5. The molecular weight excluding hydrogens is 471 g/mol. The van der Waals surface area contributed by atoms with Gasteiger partial charge in [-0.05, 0) is 44.4 Å². The number of rotatable bonds is 8. The van der Waals surface area contributed by atoms with Crippen molar-refractivity contribution in [2.45, 2.75) is 58.9 Å². The molecule has 0 unspecified atom stereocenters. The van der Waals surface area contributed by atoms with Crippen LogP contribution < -0.4 is 5.32 Å². The monoisotopic (exact) mass is 500 g/mol. The molecule has 9 heteroatoms. The summed E-state index contributed by atoms with van der Waals surface area (Å²) in [7, 11) is 0. The third-order valence-corrected chi connectivity index (χ3v) is 6.78. The molecule has 3 aromatic heterocycles. The molecule has 1 amide bonds. The highest BCUT2D eigenvalue weighted by atomic mass is 19.1. The highest BCUT2D eigenvalue weighted by Crippen LogP contribution is 2.40. The molecule has 0 radical (unpaired) electrons. The SMILES string of the molecule is CC(C)CCCC(=O)c1nc(-c2nn(Cc3ccccc3F)c3ncccc23)nc2c1C(C)(C)C(=O)N2. The van der Waals surface area contributed by atoms with Gasteiger partial charge in [0.25, 0.3) is 0 Å². The summed E-state index contributed by atoms with van der Waals surface area (Å²) in [5.41, 5.74) is 1.24. The molecule has 8 nitrogen and oxygen atoms in total. The molecule has 0 atom stereocenters. The number of hydrogen-bond acceptors (Lipinski definition) is 6. The summed E-state index contributed by atoms with van der Waals surface area (Å²) >= 11 is 0. The second kappa shape index (κ2) is 9.46. The Bertz CT molecular complexity index is 1520. The van der Waals surface area contributed by atoms with Gasteiger partial charge in [-0.25, -0.2) is 24.0 Å². The minimum atomic E-state index is -0.940. The second-order valence-corrected chi connectivity index (χ2v) is 10.4. The van der Waals surface area contributed by atoms with Crippen LogP contribution in [0.25, 0.3) is 22.6 Å². The average molecular weight is 501 g/mol. The van der Waals surface area contributed by atoms with E-state index in [2.05, 4.69) is 29.1 Å². The minimum Gasteiger partial charge on any atom is -0.310 e. The first-order valence-corrected chi connectivity index (χ1v) is 12.5. The van der Waals surface area contributed by atoms with Crippen molar-refractivity contribution in [1.29, 1.82) is 0 Å². The van der Waals surface area contributed by atoms with Crippen LogP contribution in [0.5, 0.6) is 0 Å². The number of fused-ring (bicyclic) bond motifs is 2. The van der Waals surface area contributed by atoms with Gasteiger partial charge in [0.2, 0.25) is 5.91 Å². The van der Waals surface area contributed by atoms with Gasteiger partial charge in [0.05, 0.1) is 17.3 Å². The van der Waals surface area contributed by atoms with E-state index in [0.717, 1.165) is 12.8 Å². The molecular formula is C28H29FN6O2. The van der Waals surface area contributed by atoms with E-state index in [9.17, 15) is 14.0 Å². The van der Waals surface area contributed by atoms with Crippen LogP contribution in [0.1, 0.15) is 68.6 Å². The standard InChI is InChI=1S/C28H29FN6O2/c1-16(2)9-7-13-20(36)23-21-24(33-27(37)28(21,3)4)32-25(31-23)22-18-11-8-14-30-26(18)35(34-22)15-17-10-5-6-12-19(17)29/h5-6,8,10-12,14,16H,7,9,13,15H2,1-4H3,(H,31,32,33,37). The normalized spacial score (nSPS) is 14.3. The summed E-state index contributed by atoms with van der Waals surface area (Å²) in [6.45, 7) is 7.94. The number of anilines is 1. The lowest BCUT2D eigenvalue weighted by molar-refractivity contribution is -0.119. The topological polar surface area (TPSA) is 103 Å². The molecule has 1 N–H and O–H groups in total. The van der Waals surface area contributed by atoms with Crippen LogP contribution in [0.2, 0.25) is 0 Å². The van der Waals surface area contributed by atoms with Gasteiger partial charge in [-0.15, -0.1) is 0 Å². The number of Topliss-reactive ketones (excluding diaryl/α,β-unsaturated/α-hetero) is 1. The van der Waals surface area contributed by atoms with Crippen LogP contribution >= 0.6 is 0 Å². The molecule has 1 aliphatic heterocycles. The zero-order chi connectivity index (χ0) is 26.3. The summed E-state index contributed by atoms with van der Waals surface area (Å²) < 4.78 is 16.0. The quantitative estimate of drug-likeness (QED) is 0.329. The van der Waals surface area contributed by atoms with E-state index in [4.69, 9.17) is 10.1 Å². The number of hydrogen-bond donors (Lipinski definition) is 1. The van der Waals surface area contributed by atoms with Gasteiger partial charge in [-0.3, -0.25) is 9.59 Å². The summed E-state index contributed by atoms with van der Waals surface area (Å²) in [6.07, 6.45) is 3.62. The lowest BCUT2D eigenvalue weighted by Gasteiger charge is -2.18. The van der Waals surface area contributed by atoms with Crippen molar-refractivity contribution in [2.24, 2.45) is 5.92 Å². The van der Waals surface area contributed by atoms with Crippen molar-refractivity contribution in [2.75, 3.05) is 5.32 Å². The van der Waals surface area contributed by atoms with E-state index in [1.54, 1.807) is 49.0 Å². The predicted octanol–water partition coefficient (Wildman–Crippen LogP) is 5.31. The molecule has 0 aliphatic carbocycles. The Labute approximate surface area is 214 Å². The first-order chi connectivity index (χ1) is 17.7. The van der Waals surface area contributed by atoms with Gasteiger partial charge in [0, 0.05) is 23.7 Å². The molecule has 4 heterocycles. The number of nitrogens with one attached hydrogen (secondary N) is 1. The third-order valence-electron chi connectivity index (χ3n) is 6.78. The van der Waals surface area contributed by atoms with Gasteiger partial charge in [0.15, 0.2) is 17.3 Å². The number of carbonyl (C=O) groups is 2. The number of halogens is 1. The average Bonchev–Trinajstić information content (AvgIpc) is 3.33. The summed E-state index contributed by atoms with van der Waals surface area (Å²) in [5, 5.41) is 8.20. The number of benzene rings is 1. The van der Waals surface area contributed by atoms with E-state index in [0.29, 0.717) is 46.0 Å². The van der Waals surface area contributed by atoms with Crippen molar-refractivity contribution in [3.8, 4) is 11.5 Å². The van der Waals surface area contributed by atoms with Crippen LogP contribution in [-0.2, 0) is 16.8 Å². The van der Waals surface area contributed by atoms with Crippen molar-refractivity contribution < 1.29 is 14.0 Å². The first kappa shape index (κ1) is 24.7. The smallest absolute Gasteiger partial charge is 0.235 e. The Morgan fingerprint density at radius 2 is 1.92 bits per heavy atom. The zero-order valence-electron chi connectivity index (χ0n) is 21.4. The maximum atomic E-state index is 14.4. The Morgan fingerprint density at radius 3 is 2.68 bits per heavy atom. The Kier molecular flexibility index (Phi) is 6.31. The third kappa shape index (κ3) is 4.50. The van der Waals surface area contributed by atoms with Crippen LogP contribution in [0.4, 0.5) is 10.2 Å². The van der Waals surface area contributed by atoms with Crippen molar-refractivity contribution in [3.63, 3.8) is 0 Å². The second-order valence-electron chi connectivity index (χ2n) is 10.4. The maximum Gasteiger partial charge on any atom is 0.235 e. The van der Waals surface area contributed by atoms with E-state index in [1.807, 2.05) is 6.07 Å². The lowest BCUT2D eigenvalue weighted by Crippen LogP contribution is -2.28. The number of carbonyl (C=O) groups excluding carboxylic acids is 2. The summed E-state index contributed by atoms with van der Waals surface area (Å²) in [6, 6.07) is 10.1. The van der Waals surface area contributed by atoms with Gasteiger partial charge in [-0.1, -0.05) is 38.5 Å². The molecule has 0 bridgehead atoms. The molecule has 0 fully saturated rings. The molecule has 1 aromatic carbocycles. The molecule has 1 aliphatic rings. The fourth-order valence-corrected chi connectivity index (χ4v) is 4.69. The molecule has 0 spiro atoms. The van der Waals surface area contributed by atoms with Gasteiger partial charge >= 0.3 is 0 Å². The summed E-state index contributed by atoms with van der Waals surface area (Å²) in [5.74, 6) is 0.329. The molecule has 0 saturated carbocycles. The number of amides is 1. The number of ketones is 1. The summed E-state index contributed by atoms with van der Waals surface area (Å²) in [4.78, 5) is 40.0. The van der Waals surface area contributed by atoms with Crippen LogP contribution in [0.15, 0.2) is 42.6 Å². The fourth-order valence-electron chi connectivity index (χ4n) is 4.69. The number of nitrogens with zero attached hydrogens (tertiary/aromatic N) is 5. The van der Waals surface area contributed by atoms with E-state index in [-0.39, 0.29) is 35.6 Å². The zero-order valence-corrected chi connectivity index (χ0v) is 21.4.